The smallest absolute Gasteiger partial charge is 0.177 e. The van der Waals surface area contributed by atoms with Gasteiger partial charge in [-0.1, -0.05) is 10.3 Å². The van der Waals surface area contributed by atoms with Gasteiger partial charge < -0.3 is 25.3 Å². The number of aliphatic hydroxyl groups is 1. The third-order valence-electron chi connectivity index (χ3n) is 2.78. The van der Waals surface area contributed by atoms with E-state index >= 15 is 0 Å². The lowest BCUT2D eigenvalue weighted by atomic mass is 10.4. The van der Waals surface area contributed by atoms with Gasteiger partial charge in [0.05, 0.1) is 25.4 Å². The first-order valence-electron chi connectivity index (χ1n) is 6.53. The number of aliphatic hydroxyl groups excluding tert-OH is 1. The molecule has 0 radical (unpaired) electrons. The van der Waals surface area contributed by atoms with Gasteiger partial charge in [-0.25, -0.2) is 15.0 Å². The molecule has 0 aliphatic heterocycles. The molecule has 0 saturated heterocycles. The molecule has 2 atom stereocenters. The van der Waals surface area contributed by atoms with Crippen molar-refractivity contribution in [1.29, 1.82) is 0 Å². The summed E-state index contributed by atoms with van der Waals surface area (Å²) in [5.41, 5.74) is 6.64. The molecule has 0 bridgehead atoms. The molecule has 23 heavy (non-hydrogen) atoms. The zero-order valence-electron chi connectivity index (χ0n) is 12.6. The summed E-state index contributed by atoms with van der Waals surface area (Å²) >= 11 is 0. The van der Waals surface area contributed by atoms with E-state index in [9.17, 15) is 5.11 Å². The van der Waals surface area contributed by atoms with E-state index in [0.29, 0.717) is 11.2 Å². The van der Waals surface area contributed by atoms with E-state index in [1.54, 1.807) is 4.57 Å². The van der Waals surface area contributed by atoms with Crippen LogP contribution in [0.4, 0.5) is 5.82 Å². The lowest BCUT2D eigenvalue weighted by molar-refractivity contribution is -0.00161. The van der Waals surface area contributed by atoms with Gasteiger partial charge >= 0.3 is 0 Å². The first-order chi connectivity index (χ1) is 11.2. The Morgan fingerprint density at radius 3 is 2.70 bits per heavy atom. The maximum atomic E-state index is 9.36. The van der Waals surface area contributed by atoms with Crippen molar-refractivity contribution in [2.45, 2.75) is 12.3 Å². The van der Waals surface area contributed by atoms with Gasteiger partial charge in [0.1, 0.15) is 32.2 Å². The van der Waals surface area contributed by atoms with Crippen molar-refractivity contribution in [2.24, 2.45) is 10.3 Å². The summed E-state index contributed by atoms with van der Waals surface area (Å²) in [4.78, 5) is 21.4. The normalized spacial score (nSPS) is 14.6. The lowest BCUT2D eigenvalue weighted by Crippen LogP contribution is -2.26. The van der Waals surface area contributed by atoms with Crippen LogP contribution in [0, 0.1) is 0 Å². The number of nitrogen functional groups attached to an aromatic ring is 1. The second-order valence-corrected chi connectivity index (χ2v) is 4.20. The minimum atomic E-state index is -0.769. The fourth-order valence-electron chi connectivity index (χ4n) is 1.77. The van der Waals surface area contributed by atoms with Crippen molar-refractivity contribution in [1.82, 2.24) is 19.5 Å². The number of nitrogens with zero attached hydrogens (tertiary/aromatic N) is 6. The number of ether oxygens (including phenoxy) is 1. The maximum Gasteiger partial charge on any atom is 0.177 e. The summed E-state index contributed by atoms with van der Waals surface area (Å²) in [7, 11) is 2.79. The Balaban J connectivity index is 2.35. The molecule has 2 unspecified atom stereocenters. The summed E-state index contributed by atoms with van der Waals surface area (Å²) in [6.45, 7) is -0.312. The molecule has 0 spiro atoms. The number of rotatable bonds is 8. The van der Waals surface area contributed by atoms with Crippen molar-refractivity contribution in [3.05, 3.63) is 12.7 Å². The van der Waals surface area contributed by atoms with Gasteiger partial charge in [-0.3, -0.25) is 4.57 Å². The highest BCUT2D eigenvalue weighted by atomic mass is 16.6. The summed E-state index contributed by atoms with van der Waals surface area (Å²) in [6, 6.07) is 0. The van der Waals surface area contributed by atoms with E-state index in [0.717, 1.165) is 0 Å². The quantitative estimate of drug-likeness (QED) is 0.491. The Morgan fingerprint density at radius 1 is 1.26 bits per heavy atom. The van der Waals surface area contributed by atoms with E-state index in [1.165, 1.54) is 39.3 Å². The van der Waals surface area contributed by atoms with Crippen LogP contribution < -0.4 is 5.73 Å². The van der Waals surface area contributed by atoms with E-state index in [1.807, 2.05) is 0 Å². The molecular formula is C12H17N7O4. The van der Waals surface area contributed by atoms with E-state index in [4.69, 9.17) is 10.5 Å². The molecule has 2 rings (SSSR count). The van der Waals surface area contributed by atoms with Crippen LogP contribution in [0.3, 0.4) is 0 Å². The summed E-state index contributed by atoms with van der Waals surface area (Å²) in [5, 5.41) is 16.6. The molecule has 0 aliphatic carbocycles. The molecule has 11 nitrogen and oxygen atoms in total. The monoisotopic (exact) mass is 323 g/mol. The number of aromatic nitrogens is 4. The minimum absolute atomic E-state index is 0.246. The highest BCUT2D eigenvalue weighted by Crippen LogP contribution is 2.19. The van der Waals surface area contributed by atoms with E-state index in [2.05, 4.69) is 34.9 Å². The fourth-order valence-corrected chi connectivity index (χ4v) is 1.77. The Bertz CT molecular complexity index is 687. The molecule has 0 fully saturated rings. The minimum Gasteiger partial charge on any atom is -0.399 e. The predicted octanol–water partition coefficient (Wildman–Crippen LogP) is -0.451. The standard InChI is InChI=1S/C12H17N7O4/c1-21-17-3-8(5-20)23-9(4-18-22-2)19-7-16-10-11(13)14-6-15-12(10)19/h3-4,6-9,20H,5H2,1-2H3,(H2,13,14,15). The third kappa shape index (κ3) is 3.90. The van der Waals surface area contributed by atoms with Crippen LogP contribution in [-0.2, 0) is 14.4 Å². The molecule has 0 saturated carbocycles. The molecule has 2 heterocycles. The van der Waals surface area contributed by atoms with Crippen molar-refractivity contribution in [2.75, 3.05) is 26.6 Å². The number of anilines is 1. The molecule has 2 aromatic heterocycles. The topological polar surface area (TPSA) is 142 Å². The van der Waals surface area contributed by atoms with E-state index < -0.39 is 12.3 Å². The summed E-state index contributed by atoms with van der Waals surface area (Å²) < 4.78 is 7.28. The molecule has 0 amide bonds. The van der Waals surface area contributed by atoms with Gasteiger partial charge in [-0.05, 0) is 0 Å². The number of imidazole rings is 1. The lowest BCUT2D eigenvalue weighted by Gasteiger charge is -2.19. The Kier molecular flexibility index (Phi) is 5.77. The van der Waals surface area contributed by atoms with E-state index in [-0.39, 0.29) is 12.4 Å². The van der Waals surface area contributed by atoms with Crippen LogP contribution in [0.1, 0.15) is 6.23 Å². The zero-order chi connectivity index (χ0) is 16.7. The number of fused-ring (bicyclic) bond motifs is 1. The Labute approximate surface area is 131 Å². The highest BCUT2D eigenvalue weighted by molar-refractivity contribution is 5.82. The number of hydrogen-bond acceptors (Lipinski definition) is 10. The molecule has 0 aromatic carbocycles. The third-order valence-corrected chi connectivity index (χ3v) is 2.78. The average Bonchev–Trinajstić information content (AvgIpc) is 3.00. The number of oxime groups is 2. The average molecular weight is 323 g/mol. The van der Waals surface area contributed by atoms with Crippen LogP contribution in [0.25, 0.3) is 11.2 Å². The van der Waals surface area contributed by atoms with Gasteiger partial charge in [0.2, 0.25) is 0 Å². The van der Waals surface area contributed by atoms with Crippen LogP contribution in [0.2, 0.25) is 0 Å². The van der Waals surface area contributed by atoms with Crippen molar-refractivity contribution >= 4 is 29.4 Å². The highest BCUT2D eigenvalue weighted by Gasteiger charge is 2.19. The Hall–Kier alpha value is -2.79. The SMILES string of the molecule is CON=CC(CO)OC(C=NOC)n1cnc2c(N)ncnc21. The van der Waals surface area contributed by atoms with Gasteiger partial charge in [0.25, 0.3) is 0 Å². The van der Waals surface area contributed by atoms with Crippen LogP contribution in [0.15, 0.2) is 23.0 Å². The first-order valence-corrected chi connectivity index (χ1v) is 6.53. The van der Waals surface area contributed by atoms with Crippen LogP contribution in [0.5, 0.6) is 0 Å². The Morgan fingerprint density at radius 2 is 2.00 bits per heavy atom. The first kappa shape index (κ1) is 16.6. The molecule has 2 aromatic rings. The van der Waals surface area contributed by atoms with Crippen molar-refractivity contribution in [3.8, 4) is 0 Å². The molecule has 0 aliphatic rings. The largest absolute Gasteiger partial charge is 0.399 e. The summed E-state index contributed by atoms with van der Waals surface area (Å²) in [5.74, 6) is 0.246. The van der Waals surface area contributed by atoms with Gasteiger partial charge in [0, 0.05) is 0 Å². The molecule has 124 valence electrons. The van der Waals surface area contributed by atoms with Crippen LogP contribution in [-0.4, -0.2) is 64.0 Å². The predicted molar refractivity (Wildman–Crippen MR) is 81.7 cm³/mol. The van der Waals surface area contributed by atoms with Crippen molar-refractivity contribution < 1.29 is 19.5 Å². The maximum absolute atomic E-state index is 9.36. The summed E-state index contributed by atoms with van der Waals surface area (Å²) in [6.07, 6.45) is 3.98. The fraction of sp³-hybridized carbons (Fsp3) is 0.417. The molecular weight excluding hydrogens is 306 g/mol. The van der Waals surface area contributed by atoms with Crippen molar-refractivity contribution in [3.63, 3.8) is 0 Å². The zero-order valence-corrected chi connectivity index (χ0v) is 12.6. The van der Waals surface area contributed by atoms with Crippen LogP contribution >= 0.6 is 0 Å². The number of nitrogens with two attached hydrogens (primary N) is 1. The van der Waals surface area contributed by atoms with Gasteiger partial charge in [-0.15, -0.1) is 0 Å². The molecule has 3 N–H and O–H groups in total. The number of hydrogen-bond donors (Lipinski definition) is 2. The second kappa shape index (κ2) is 8.00. The second-order valence-electron chi connectivity index (χ2n) is 4.20. The van der Waals surface area contributed by atoms with Gasteiger partial charge in [0.15, 0.2) is 17.7 Å². The molecule has 11 heteroatoms. The van der Waals surface area contributed by atoms with Gasteiger partial charge in [-0.2, -0.15) is 0 Å².